The molecule has 0 saturated carbocycles. The van der Waals surface area contributed by atoms with Gasteiger partial charge in [0.25, 0.3) is 11.8 Å². The largest absolute Gasteiger partial charge is 0.350 e. The van der Waals surface area contributed by atoms with E-state index in [-0.39, 0.29) is 11.8 Å². The fourth-order valence-electron chi connectivity index (χ4n) is 2.83. The highest BCUT2D eigenvalue weighted by Gasteiger charge is 2.23. The van der Waals surface area contributed by atoms with E-state index in [9.17, 15) is 9.59 Å². The summed E-state index contributed by atoms with van der Waals surface area (Å²) < 4.78 is 0. The number of piperazine rings is 1. The summed E-state index contributed by atoms with van der Waals surface area (Å²) >= 11 is 13.4. The van der Waals surface area contributed by atoms with Gasteiger partial charge >= 0.3 is 0 Å². The molecule has 3 rings (SSSR count). The molecule has 1 aliphatic heterocycles. The van der Waals surface area contributed by atoms with Crippen LogP contribution in [0.2, 0.25) is 10.0 Å². The normalized spacial score (nSPS) is 15.1. The smallest absolute Gasteiger partial charge is 0.261 e. The molecule has 2 heterocycles. The highest BCUT2D eigenvalue weighted by atomic mass is 35.5. The van der Waals surface area contributed by atoms with Crippen molar-refractivity contribution in [3.8, 4) is 0 Å². The van der Waals surface area contributed by atoms with E-state index in [1.807, 2.05) is 17.5 Å². The molecule has 1 aliphatic rings. The maximum atomic E-state index is 12.6. The van der Waals surface area contributed by atoms with E-state index >= 15 is 0 Å². The first-order chi connectivity index (χ1) is 12.5. The van der Waals surface area contributed by atoms with E-state index in [0.717, 1.165) is 24.5 Å². The number of hydrogen-bond acceptors (Lipinski definition) is 4. The van der Waals surface area contributed by atoms with Crippen LogP contribution in [-0.4, -0.2) is 60.9 Å². The van der Waals surface area contributed by atoms with Crippen LogP contribution in [0.1, 0.15) is 20.0 Å². The van der Waals surface area contributed by atoms with Crippen molar-refractivity contribution >= 4 is 46.4 Å². The number of hydrogen-bond donors (Lipinski definition) is 1. The predicted octanol–water partition coefficient (Wildman–Crippen LogP) is 3.24. The number of nitrogens with one attached hydrogen (secondary N) is 1. The number of amides is 2. The highest BCUT2D eigenvalue weighted by Crippen LogP contribution is 2.22. The summed E-state index contributed by atoms with van der Waals surface area (Å²) in [6.45, 7) is 4.17. The first-order valence-corrected chi connectivity index (χ1v) is 9.96. The quantitative estimate of drug-likeness (QED) is 0.821. The van der Waals surface area contributed by atoms with Gasteiger partial charge in [0.15, 0.2) is 0 Å². The van der Waals surface area contributed by atoms with Crippen LogP contribution in [0.25, 0.3) is 0 Å². The minimum atomic E-state index is -0.0719. The zero-order valence-electron chi connectivity index (χ0n) is 14.1. The average Bonchev–Trinajstić information content (AvgIpc) is 3.16. The highest BCUT2D eigenvalue weighted by molar-refractivity contribution is 7.12. The minimum absolute atomic E-state index is 0.0359. The number of rotatable bonds is 5. The molecule has 1 aromatic carbocycles. The van der Waals surface area contributed by atoms with E-state index in [0.29, 0.717) is 35.2 Å². The van der Waals surface area contributed by atoms with Gasteiger partial charge in [-0.25, -0.2) is 0 Å². The first kappa shape index (κ1) is 19.2. The van der Waals surface area contributed by atoms with Gasteiger partial charge in [0, 0.05) is 44.3 Å². The molecule has 138 valence electrons. The van der Waals surface area contributed by atoms with Crippen molar-refractivity contribution in [2.75, 3.05) is 39.3 Å². The number of benzene rings is 1. The van der Waals surface area contributed by atoms with E-state index in [1.54, 1.807) is 23.1 Å². The third-order valence-corrected chi connectivity index (χ3v) is 5.70. The Labute approximate surface area is 166 Å². The van der Waals surface area contributed by atoms with Crippen molar-refractivity contribution in [2.45, 2.75) is 0 Å². The summed E-state index contributed by atoms with van der Waals surface area (Å²) in [5, 5.41) is 5.70. The van der Waals surface area contributed by atoms with E-state index in [4.69, 9.17) is 23.2 Å². The van der Waals surface area contributed by atoms with E-state index < -0.39 is 0 Å². The first-order valence-electron chi connectivity index (χ1n) is 8.33. The number of nitrogens with zero attached hydrogens (tertiary/aromatic N) is 2. The molecule has 5 nitrogen and oxygen atoms in total. The molecule has 0 bridgehead atoms. The number of carbonyl (C=O) groups is 2. The second-order valence-corrected chi connectivity index (χ2v) is 7.78. The summed E-state index contributed by atoms with van der Waals surface area (Å²) in [4.78, 5) is 29.3. The topological polar surface area (TPSA) is 52.7 Å². The van der Waals surface area contributed by atoms with Gasteiger partial charge in [0.05, 0.1) is 15.5 Å². The molecule has 26 heavy (non-hydrogen) atoms. The van der Waals surface area contributed by atoms with Crippen LogP contribution in [-0.2, 0) is 0 Å². The molecule has 1 fully saturated rings. The van der Waals surface area contributed by atoms with Gasteiger partial charge < -0.3 is 10.2 Å². The Hall–Kier alpha value is -1.60. The summed E-state index contributed by atoms with van der Waals surface area (Å²) in [5.41, 5.74) is 0.479. The van der Waals surface area contributed by atoms with Crippen LogP contribution in [0.15, 0.2) is 35.7 Å². The fraction of sp³-hybridized carbons (Fsp3) is 0.333. The van der Waals surface area contributed by atoms with Gasteiger partial charge in [-0.3, -0.25) is 14.5 Å². The zero-order chi connectivity index (χ0) is 18.5. The summed E-state index contributed by atoms with van der Waals surface area (Å²) in [5.74, 6) is -0.108. The minimum Gasteiger partial charge on any atom is -0.350 e. The van der Waals surface area contributed by atoms with Gasteiger partial charge in [0.2, 0.25) is 0 Å². The molecule has 0 atom stereocenters. The van der Waals surface area contributed by atoms with E-state index in [2.05, 4.69) is 10.2 Å². The number of halogens is 2. The molecule has 0 spiro atoms. The fourth-order valence-corrected chi connectivity index (χ4v) is 3.96. The summed E-state index contributed by atoms with van der Waals surface area (Å²) in [6.07, 6.45) is 0. The third kappa shape index (κ3) is 4.76. The molecular weight excluding hydrogens is 393 g/mol. The molecule has 1 saturated heterocycles. The summed E-state index contributed by atoms with van der Waals surface area (Å²) in [7, 11) is 0. The van der Waals surface area contributed by atoms with Gasteiger partial charge in [-0.1, -0.05) is 29.3 Å². The standard InChI is InChI=1S/C18H19Cl2N3O2S/c19-13-3-4-14(15(20)12-13)18(25)23-9-7-22(8-10-23)6-5-21-17(24)16-2-1-11-26-16/h1-4,11-12H,5-10H2,(H,21,24). The van der Waals surface area contributed by atoms with Gasteiger partial charge in [0.1, 0.15) is 0 Å². The Morgan fingerprint density at radius 3 is 2.54 bits per heavy atom. The SMILES string of the molecule is O=C(NCCN1CCN(C(=O)c2ccc(Cl)cc2Cl)CC1)c1cccs1. The van der Waals surface area contributed by atoms with E-state index in [1.165, 1.54) is 11.3 Å². The second kappa shape index (κ2) is 8.86. The van der Waals surface area contributed by atoms with Crippen molar-refractivity contribution in [2.24, 2.45) is 0 Å². The third-order valence-electron chi connectivity index (χ3n) is 4.28. The average molecular weight is 412 g/mol. The molecule has 1 N–H and O–H groups in total. The lowest BCUT2D eigenvalue weighted by molar-refractivity contribution is 0.0638. The second-order valence-electron chi connectivity index (χ2n) is 5.99. The number of carbonyl (C=O) groups excluding carboxylic acids is 2. The van der Waals surface area contributed by atoms with Crippen LogP contribution in [0.5, 0.6) is 0 Å². The van der Waals surface area contributed by atoms with Crippen LogP contribution in [0.3, 0.4) is 0 Å². The van der Waals surface area contributed by atoms with Gasteiger partial charge in [-0.2, -0.15) is 0 Å². The van der Waals surface area contributed by atoms with Crippen molar-refractivity contribution in [3.63, 3.8) is 0 Å². The predicted molar refractivity (Wildman–Crippen MR) is 105 cm³/mol. The lowest BCUT2D eigenvalue weighted by atomic mass is 10.2. The van der Waals surface area contributed by atoms with Crippen LogP contribution in [0, 0.1) is 0 Å². The molecule has 0 radical (unpaired) electrons. The van der Waals surface area contributed by atoms with Crippen LogP contribution < -0.4 is 5.32 Å². The molecular formula is C18H19Cl2N3O2S. The van der Waals surface area contributed by atoms with Crippen molar-refractivity contribution in [1.82, 2.24) is 15.1 Å². The lowest BCUT2D eigenvalue weighted by Gasteiger charge is -2.34. The van der Waals surface area contributed by atoms with Gasteiger partial charge in [-0.15, -0.1) is 11.3 Å². The Bertz CT molecular complexity index is 775. The number of thiophene rings is 1. The van der Waals surface area contributed by atoms with Crippen molar-refractivity contribution < 1.29 is 9.59 Å². The Morgan fingerprint density at radius 1 is 1.12 bits per heavy atom. The molecule has 1 aromatic heterocycles. The van der Waals surface area contributed by atoms with Crippen molar-refractivity contribution in [3.05, 3.63) is 56.2 Å². The maximum absolute atomic E-state index is 12.6. The Morgan fingerprint density at radius 2 is 1.88 bits per heavy atom. The Kier molecular flexibility index (Phi) is 6.53. The zero-order valence-corrected chi connectivity index (χ0v) is 16.4. The lowest BCUT2D eigenvalue weighted by Crippen LogP contribution is -2.50. The monoisotopic (exact) mass is 411 g/mol. The Balaban J connectivity index is 1.44. The van der Waals surface area contributed by atoms with Crippen LogP contribution >= 0.6 is 34.5 Å². The van der Waals surface area contributed by atoms with Gasteiger partial charge in [-0.05, 0) is 29.6 Å². The molecule has 8 heteroatoms. The summed E-state index contributed by atoms with van der Waals surface area (Å²) in [6, 6.07) is 8.60. The molecule has 2 aromatic rings. The van der Waals surface area contributed by atoms with Crippen LogP contribution in [0.4, 0.5) is 0 Å². The van der Waals surface area contributed by atoms with Crippen molar-refractivity contribution in [1.29, 1.82) is 0 Å². The molecule has 0 aliphatic carbocycles. The maximum Gasteiger partial charge on any atom is 0.261 e. The molecule has 2 amide bonds. The molecule has 0 unspecified atom stereocenters.